The zero-order chi connectivity index (χ0) is 13.1. The highest BCUT2D eigenvalue weighted by atomic mass is 16.5. The van der Waals surface area contributed by atoms with Crippen molar-refractivity contribution in [1.29, 1.82) is 0 Å². The second-order valence-electron chi connectivity index (χ2n) is 4.45. The molecule has 3 aromatic rings. The average Bonchev–Trinajstić information content (AvgIpc) is 2.48. The number of hydrogen-bond donors (Lipinski definition) is 0. The summed E-state index contributed by atoms with van der Waals surface area (Å²) in [7, 11) is 1.70. The van der Waals surface area contributed by atoms with E-state index < -0.39 is 0 Å². The fourth-order valence-electron chi connectivity index (χ4n) is 2.33. The number of rotatable bonds is 3. The SMILES string of the molecule is COc1ccccc1[CH]c1cccc2ccccc12. The van der Waals surface area contributed by atoms with Gasteiger partial charge in [-0.3, -0.25) is 0 Å². The summed E-state index contributed by atoms with van der Waals surface area (Å²) in [5.41, 5.74) is 2.31. The molecule has 1 radical (unpaired) electrons. The van der Waals surface area contributed by atoms with Gasteiger partial charge < -0.3 is 4.74 Å². The molecule has 0 unspecified atom stereocenters. The van der Waals surface area contributed by atoms with Gasteiger partial charge >= 0.3 is 0 Å². The first-order valence-electron chi connectivity index (χ1n) is 6.34. The molecule has 1 nitrogen and oxygen atoms in total. The van der Waals surface area contributed by atoms with Crippen LogP contribution in [-0.4, -0.2) is 7.11 Å². The lowest BCUT2D eigenvalue weighted by molar-refractivity contribution is 0.412. The number of para-hydroxylation sites is 1. The molecule has 0 spiro atoms. The summed E-state index contributed by atoms with van der Waals surface area (Å²) in [6, 6.07) is 22.8. The van der Waals surface area contributed by atoms with Crippen LogP contribution in [0.25, 0.3) is 10.8 Å². The molecule has 0 N–H and O–H groups in total. The van der Waals surface area contributed by atoms with Crippen molar-refractivity contribution in [2.45, 2.75) is 0 Å². The second-order valence-corrected chi connectivity index (χ2v) is 4.45. The molecule has 3 rings (SSSR count). The van der Waals surface area contributed by atoms with Gasteiger partial charge in [0.1, 0.15) is 5.75 Å². The molecule has 0 bridgehead atoms. The topological polar surface area (TPSA) is 9.23 Å². The van der Waals surface area contributed by atoms with E-state index in [0.717, 1.165) is 11.3 Å². The van der Waals surface area contributed by atoms with Gasteiger partial charge in [-0.2, -0.15) is 0 Å². The van der Waals surface area contributed by atoms with E-state index in [-0.39, 0.29) is 0 Å². The van der Waals surface area contributed by atoms with Crippen LogP contribution in [-0.2, 0) is 0 Å². The normalized spacial score (nSPS) is 10.6. The third-order valence-electron chi connectivity index (χ3n) is 3.27. The molecule has 0 aliphatic heterocycles. The quantitative estimate of drug-likeness (QED) is 0.664. The molecule has 3 aromatic carbocycles. The Morgan fingerprint density at radius 1 is 0.737 bits per heavy atom. The summed E-state index contributed by atoms with van der Waals surface area (Å²) < 4.78 is 5.40. The summed E-state index contributed by atoms with van der Waals surface area (Å²) in [4.78, 5) is 0. The summed E-state index contributed by atoms with van der Waals surface area (Å²) in [5, 5.41) is 2.52. The lowest BCUT2D eigenvalue weighted by atomic mass is 9.98. The maximum absolute atomic E-state index is 5.40. The monoisotopic (exact) mass is 247 g/mol. The number of methoxy groups -OCH3 is 1. The largest absolute Gasteiger partial charge is 0.496 e. The van der Waals surface area contributed by atoms with Gasteiger partial charge in [0, 0.05) is 12.0 Å². The Balaban J connectivity index is 2.06. The Morgan fingerprint density at radius 2 is 1.42 bits per heavy atom. The summed E-state index contributed by atoms with van der Waals surface area (Å²) in [6.45, 7) is 0. The Morgan fingerprint density at radius 3 is 2.32 bits per heavy atom. The highest BCUT2D eigenvalue weighted by Crippen LogP contribution is 2.27. The Labute approximate surface area is 113 Å². The molecule has 93 valence electrons. The predicted molar refractivity (Wildman–Crippen MR) is 79.4 cm³/mol. The van der Waals surface area contributed by atoms with Gasteiger partial charge in [0.2, 0.25) is 0 Å². The van der Waals surface area contributed by atoms with Gasteiger partial charge in [-0.05, 0) is 22.4 Å². The third kappa shape index (κ3) is 2.32. The molecule has 19 heavy (non-hydrogen) atoms. The van der Waals surface area contributed by atoms with Crippen molar-refractivity contribution in [3.8, 4) is 5.75 Å². The molecule has 0 saturated heterocycles. The highest BCUT2D eigenvalue weighted by molar-refractivity contribution is 5.87. The molecule has 0 atom stereocenters. The van der Waals surface area contributed by atoms with Gasteiger partial charge in [-0.1, -0.05) is 60.7 Å². The molecule has 0 saturated carbocycles. The van der Waals surface area contributed by atoms with Gasteiger partial charge in [0.15, 0.2) is 0 Å². The van der Waals surface area contributed by atoms with Crippen LogP contribution in [0.3, 0.4) is 0 Å². The summed E-state index contributed by atoms with van der Waals surface area (Å²) in [5.74, 6) is 0.899. The lowest BCUT2D eigenvalue weighted by Gasteiger charge is -2.10. The van der Waals surface area contributed by atoms with Crippen molar-refractivity contribution in [3.05, 3.63) is 84.3 Å². The number of benzene rings is 3. The van der Waals surface area contributed by atoms with Crippen LogP contribution in [0, 0.1) is 6.42 Å². The van der Waals surface area contributed by atoms with E-state index in [1.165, 1.54) is 16.3 Å². The predicted octanol–water partition coefficient (Wildman–Crippen LogP) is 4.45. The van der Waals surface area contributed by atoms with Crippen molar-refractivity contribution in [2.75, 3.05) is 7.11 Å². The molecule has 0 fully saturated rings. The first-order chi connectivity index (χ1) is 9.38. The summed E-state index contributed by atoms with van der Waals surface area (Å²) in [6.07, 6.45) is 2.17. The van der Waals surface area contributed by atoms with Crippen LogP contribution in [0.5, 0.6) is 5.75 Å². The average molecular weight is 247 g/mol. The Hall–Kier alpha value is -2.28. The van der Waals surface area contributed by atoms with E-state index in [0.29, 0.717) is 0 Å². The van der Waals surface area contributed by atoms with E-state index in [1.807, 2.05) is 18.2 Å². The van der Waals surface area contributed by atoms with E-state index in [1.54, 1.807) is 7.11 Å². The first kappa shape index (κ1) is 11.8. The molecular formula is C18H15O. The molecule has 1 heteroatoms. The maximum Gasteiger partial charge on any atom is 0.122 e. The minimum absolute atomic E-state index is 0.899. The van der Waals surface area contributed by atoms with Gasteiger partial charge in [0.05, 0.1) is 7.11 Å². The molecule has 0 heterocycles. The van der Waals surface area contributed by atoms with Crippen LogP contribution in [0.15, 0.2) is 66.7 Å². The maximum atomic E-state index is 5.40. The van der Waals surface area contributed by atoms with E-state index in [4.69, 9.17) is 4.74 Å². The minimum atomic E-state index is 0.899. The van der Waals surface area contributed by atoms with Crippen LogP contribution < -0.4 is 4.74 Å². The second kappa shape index (κ2) is 5.15. The first-order valence-corrected chi connectivity index (χ1v) is 6.34. The van der Waals surface area contributed by atoms with Gasteiger partial charge in [-0.25, -0.2) is 0 Å². The van der Waals surface area contributed by atoms with Crippen molar-refractivity contribution in [3.63, 3.8) is 0 Å². The number of fused-ring (bicyclic) bond motifs is 1. The van der Waals surface area contributed by atoms with Crippen LogP contribution in [0.2, 0.25) is 0 Å². The minimum Gasteiger partial charge on any atom is -0.496 e. The fraction of sp³-hybridized carbons (Fsp3) is 0.0556. The number of ether oxygens (including phenoxy) is 1. The number of hydrogen-bond acceptors (Lipinski definition) is 1. The lowest BCUT2D eigenvalue weighted by Crippen LogP contribution is -1.92. The van der Waals surface area contributed by atoms with Crippen molar-refractivity contribution in [2.24, 2.45) is 0 Å². The smallest absolute Gasteiger partial charge is 0.122 e. The highest BCUT2D eigenvalue weighted by Gasteiger charge is 2.06. The zero-order valence-electron chi connectivity index (χ0n) is 10.8. The van der Waals surface area contributed by atoms with Crippen LogP contribution in [0.4, 0.5) is 0 Å². The van der Waals surface area contributed by atoms with Gasteiger partial charge in [0.25, 0.3) is 0 Å². The molecule has 0 aliphatic carbocycles. The Kier molecular flexibility index (Phi) is 3.20. The van der Waals surface area contributed by atoms with Crippen molar-refractivity contribution in [1.82, 2.24) is 0 Å². The molecule has 0 aromatic heterocycles. The fourth-order valence-corrected chi connectivity index (χ4v) is 2.33. The third-order valence-corrected chi connectivity index (χ3v) is 3.27. The Bertz CT molecular complexity index is 695. The zero-order valence-corrected chi connectivity index (χ0v) is 10.8. The van der Waals surface area contributed by atoms with E-state index in [9.17, 15) is 0 Å². The van der Waals surface area contributed by atoms with Gasteiger partial charge in [-0.15, -0.1) is 0 Å². The van der Waals surface area contributed by atoms with Crippen LogP contribution >= 0.6 is 0 Å². The van der Waals surface area contributed by atoms with Crippen molar-refractivity contribution < 1.29 is 4.74 Å². The van der Waals surface area contributed by atoms with Crippen molar-refractivity contribution >= 4 is 10.8 Å². The van der Waals surface area contributed by atoms with Crippen LogP contribution in [0.1, 0.15) is 11.1 Å². The molecular weight excluding hydrogens is 232 g/mol. The molecule has 0 amide bonds. The van der Waals surface area contributed by atoms with E-state index >= 15 is 0 Å². The van der Waals surface area contributed by atoms with E-state index in [2.05, 4.69) is 55.0 Å². The summed E-state index contributed by atoms with van der Waals surface area (Å²) >= 11 is 0. The standard InChI is InChI=1S/C18H15O/c1-19-18-12-5-3-8-16(18)13-15-10-6-9-14-7-2-4-11-17(14)15/h2-13H,1H3. The molecule has 0 aliphatic rings.